The molecule has 0 saturated carbocycles. The van der Waals surface area contributed by atoms with Gasteiger partial charge < -0.3 is 16.4 Å². The summed E-state index contributed by atoms with van der Waals surface area (Å²) in [6, 6.07) is 2.41. The molecule has 0 bridgehead atoms. The van der Waals surface area contributed by atoms with Crippen LogP contribution in [0.5, 0.6) is 0 Å². The summed E-state index contributed by atoms with van der Waals surface area (Å²) >= 11 is 6.17. The number of aromatic nitrogens is 3. The number of nitrogens with one attached hydrogen (secondary N) is 3. The zero-order chi connectivity index (χ0) is 17.3. The zero-order valence-electron chi connectivity index (χ0n) is 12.7. The van der Waals surface area contributed by atoms with Gasteiger partial charge in [-0.1, -0.05) is 17.7 Å². The number of aromatic amines is 1. The van der Waals surface area contributed by atoms with Crippen molar-refractivity contribution in [3.63, 3.8) is 0 Å². The van der Waals surface area contributed by atoms with Crippen LogP contribution in [0.3, 0.4) is 0 Å². The van der Waals surface area contributed by atoms with Crippen LogP contribution in [0, 0.1) is 0 Å². The average molecular weight is 395 g/mol. The fourth-order valence-electron chi connectivity index (χ4n) is 2.54. The largest absolute Gasteiger partial charge is 0.417 e. The molecule has 136 valence electrons. The van der Waals surface area contributed by atoms with Crippen LogP contribution in [0.15, 0.2) is 18.2 Å². The van der Waals surface area contributed by atoms with Gasteiger partial charge in [0.1, 0.15) is 0 Å². The first kappa shape index (κ1) is 19.4. The second-order valence-electron chi connectivity index (χ2n) is 5.23. The lowest BCUT2D eigenvalue weighted by atomic mass is 9.94. The van der Waals surface area contributed by atoms with E-state index in [0.717, 1.165) is 6.07 Å². The molecular formula is C14H15Cl2F3N6. The summed E-state index contributed by atoms with van der Waals surface area (Å²) in [6.45, 7) is 1.12. The van der Waals surface area contributed by atoms with E-state index < -0.39 is 11.7 Å². The second kappa shape index (κ2) is 7.51. The first-order valence-corrected chi connectivity index (χ1v) is 7.48. The Balaban J connectivity index is 0.00000225. The Hall–Kier alpha value is -1.97. The summed E-state index contributed by atoms with van der Waals surface area (Å²) in [5.41, 5.74) is 5.33. The molecule has 0 saturated heterocycles. The van der Waals surface area contributed by atoms with Crippen LogP contribution in [0.4, 0.5) is 30.8 Å². The third-order valence-corrected chi connectivity index (χ3v) is 3.84. The van der Waals surface area contributed by atoms with Gasteiger partial charge in [0.25, 0.3) is 0 Å². The molecule has 1 aromatic heterocycles. The van der Waals surface area contributed by atoms with Gasteiger partial charge >= 0.3 is 6.18 Å². The molecule has 25 heavy (non-hydrogen) atoms. The molecule has 0 fully saturated rings. The van der Waals surface area contributed by atoms with Crippen molar-refractivity contribution in [2.75, 3.05) is 24.1 Å². The first-order valence-electron chi connectivity index (χ1n) is 7.10. The predicted molar refractivity (Wildman–Crippen MR) is 93.2 cm³/mol. The SMILES string of the molecule is Cl.Nc1nc(Nc2cc(Cl)c(C3=CCNCC3)c(C(F)(F)F)c2)n[nH]1. The average Bonchev–Trinajstić information content (AvgIpc) is 2.92. The predicted octanol–water partition coefficient (Wildman–Crippen LogP) is 3.60. The van der Waals surface area contributed by atoms with Crippen LogP contribution in [0.1, 0.15) is 17.5 Å². The number of hydrogen-bond donors (Lipinski definition) is 4. The number of nitrogens with two attached hydrogens (primary N) is 1. The molecule has 3 rings (SSSR count). The number of rotatable bonds is 3. The standard InChI is InChI=1S/C14H14ClF3N6.ClH/c15-10-6-8(21-13-22-12(19)23-24-13)5-9(14(16,17)18)11(10)7-1-3-20-4-2-7;/h1,5-6,20H,2-4H2,(H4,19,21,22,23,24);1H. The molecule has 0 spiro atoms. The van der Waals surface area contributed by atoms with Crippen LogP contribution < -0.4 is 16.4 Å². The van der Waals surface area contributed by atoms with Gasteiger partial charge in [-0.2, -0.15) is 18.2 Å². The lowest BCUT2D eigenvalue weighted by Gasteiger charge is -2.21. The Kier molecular flexibility index (Phi) is 5.81. The highest BCUT2D eigenvalue weighted by atomic mass is 35.5. The van der Waals surface area contributed by atoms with E-state index in [9.17, 15) is 13.2 Å². The third kappa shape index (κ3) is 4.36. The summed E-state index contributed by atoms with van der Waals surface area (Å²) in [5, 5.41) is 11.9. The van der Waals surface area contributed by atoms with Crippen molar-refractivity contribution in [3.8, 4) is 0 Å². The molecule has 1 aromatic carbocycles. The molecule has 0 atom stereocenters. The molecule has 0 aliphatic carbocycles. The summed E-state index contributed by atoms with van der Waals surface area (Å²) < 4.78 is 40.6. The first-order chi connectivity index (χ1) is 11.3. The summed E-state index contributed by atoms with van der Waals surface area (Å²) in [5.74, 6) is 0.113. The van der Waals surface area contributed by atoms with Crippen molar-refractivity contribution in [3.05, 3.63) is 34.4 Å². The molecular weight excluding hydrogens is 380 g/mol. The van der Waals surface area contributed by atoms with E-state index in [2.05, 4.69) is 25.8 Å². The van der Waals surface area contributed by atoms with Gasteiger partial charge in [-0.15, -0.1) is 17.5 Å². The normalized spacial score (nSPS) is 14.6. The minimum absolute atomic E-state index is 0. The van der Waals surface area contributed by atoms with E-state index in [1.807, 2.05) is 0 Å². The Bertz CT molecular complexity index is 787. The summed E-state index contributed by atoms with van der Waals surface area (Å²) in [7, 11) is 0. The second-order valence-corrected chi connectivity index (χ2v) is 5.64. The molecule has 2 aromatic rings. The Labute approximate surface area is 152 Å². The van der Waals surface area contributed by atoms with E-state index >= 15 is 0 Å². The minimum Gasteiger partial charge on any atom is -0.368 e. The van der Waals surface area contributed by atoms with Crippen LogP contribution in [0.2, 0.25) is 5.02 Å². The molecule has 0 amide bonds. The highest BCUT2D eigenvalue weighted by Crippen LogP contribution is 2.42. The van der Waals surface area contributed by atoms with Crippen molar-refractivity contribution >= 4 is 47.2 Å². The number of H-pyrrole nitrogens is 1. The van der Waals surface area contributed by atoms with Crippen molar-refractivity contribution < 1.29 is 13.2 Å². The monoisotopic (exact) mass is 394 g/mol. The van der Waals surface area contributed by atoms with Crippen molar-refractivity contribution in [2.45, 2.75) is 12.6 Å². The number of benzene rings is 1. The zero-order valence-corrected chi connectivity index (χ0v) is 14.3. The highest BCUT2D eigenvalue weighted by molar-refractivity contribution is 6.32. The van der Waals surface area contributed by atoms with Gasteiger partial charge in [0.15, 0.2) is 0 Å². The van der Waals surface area contributed by atoms with Gasteiger partial charge in [-0.3, -0.25) is 0 Å². The van der Waals surface area contributed by atoms with Gasteiger partial charge in [-0.25, -0.2) is 5.10 Å². The smallest absolute Gasteiger partial charge is 0.368 e. The third-order valence-electron chi connectivity index (χ3n) is 3.54. The van der Waals surface area contributed by atoms with Crippen LogP contribution >= 0.6 is 24.0 Å². The topological polar surface area (TPSA) is 91.7 Å². The maximum atomic E-state index is 13.5. The van der Waals surface area contributed by atoms with E-state index in [1.165, 1.54) is 6.07 Å². The van der Waals surface area contributed by atoms with Crippen molar-refractivity contribution in [1.82, 2.24) is 20.5 Å². The maximum Gasteiger partial charge on any atom is 0.417 e. The molecule has 2 heterocycles. The van der Waals surface area contributed by atoms with Crippen LogP contribution in [-0.2, 0) is 6.18 Å². The Morgan fingerprint density at radius 2 is 2.04 bits per heavy atom. The summed E-state index contributed by atoms with van der Waals surface area (Å²) in [4.78, 5) is 3.80. The number of alkyl halides is 3. The van der Waals surface area contributed by atoms with Crippen molar-refractivity contribution in [2.24, 2.45) is 0 Å². The molecule has 5 N–H and O–H groups in total. The van der Waals surface area contributed by atoms with Gasteiger partial charge in [0.05, 0.1) is 10.6 Å². The molecule has 6 nitrogen and oxygen atoms in total. The molecule has 1 aliphatic heterocycles. The van der Waals surface area contributed by atoms with Gasteiger partial charge in [0, 0.05) is 17.8 Å². The molecule has 1 aliphatic rings. The Morgan fingerprint density at radius 1 is 1.28 bits per heavy atom. The minimum atomic E-state index is -4.54. The Morgan fingerprint density at radius 3 is 2.60 bits per heavy atom. The van der Waals surface area contributed by atoms with E-state index in [0.29, 0.717) is 25.1 Å². The molecule has 0 radical (unpaired) electrons. The van der Waals surface area contributed by atoms with Crippen molar-refractivity contribution in [1.29, 1.82) is 0 Å². The number of hydrogen-bond acceptors (Lipinski definition) is 5. The molecule has 11 heteroatoms. The van der Waals surface area contributed by atoms with E-state index in [-0.39, 0.29) is 40.6 Å². The quantitative estimate of drug-likeness (QED) is 0.638. The molecule has 0 unspecified atom stereocenters. The number of anilines is 3. The van der Waals surface area contributed by atoms with Crippen LogP contribution in [-0.4, -0.2) is 28.3 Å². The summed E-state index contributed by atoms with van der Waals surface area (Å²) in [6.07, 6.45) is -2.34. The number of nitrogens with zero attached hydrogens (tertiary/aromatic N) is 2. The van der Waals surface area contributed by atoms with Crippen LogP contribution in [0.25, 0.3) is 5.57 Å². The lowest BCUT2D eigenvalue weighted by Crippen LogP contribution is -2.21. The van der Waals surface area contributed by atoms with E-state index in [4.69, 9.17) is 17.3 Å². The lowest BCUT2D eigenvalue weighted by molar-refractivity contribution is -0.137. The van der Waals surface area contributed by atoms with E-state index in [1.54, 1.807) is 6.08 Å². The van der Waals surface area contributed by atoms with Gasteiger partial charge in [0.2, 0.25) is 11.9 Å². The fraction of sp³-hybridized carbons (Fsp3) is 0.286. The highest BCUT2D eigenvalue weighted by Gasteiger charge is 2.36. The number of nitrogen functional groups attached to an aromatic ring is 1. The number of halogens is 5. The maximum absolute atomic E-state index is 13.5. The van der Waals surface area contributed by atoms with Gasteiger partial charge in [-0.05, 0) is 30.7 Å². The fourth-order valence-corrected chi connectivity index (χ4v) is 2.88.